The summed E-state index contributed by atoms with van der Waals surface area (Å²) in [7, 11) is -0.0544. The number of ketones is 4. The van der Waals surface area contributed by atoms with Crippen molar-refractivity contribution >= 4 is 86.5 Å². The highest BCUT2D eigenvalue weighted by atomic mass is 79.9. The third kappa shape index (κ3) is 11.9. The predicted octanol–water partition coefficient (Wildman–Crippen LogP) is 14.9. The van der Waals surface area contributed by atoms with E-state index < -0.39 is 8.32 Å². The maximum atomic E-state index is 12.0. The van der Waals surface area contributed by atoms with E-state index in [-0.39, 0.29) is 52.9 Å². The van der Waals surface area contributed by atoms with Gasteiger partial charge in [0, 0.05) is 59.9 Å². The molecule has 0 N–H and O–H groups in total. The first-order valence-corrected chi connectivity index (χ1v) is 27.9. The van der Waals surface area contributed by atoms with E-state index in [9.17, 15) is 19.2 Å². The second-order valence-corrected chi connectivity index (χ2v) is 25.5. The average molecular weight is 1080 g/mol. The van der Waals surface area contributed by atoms with Gasteiger partial charge in [0.15, 0.2) is 23.1 Å². The molecule has 0 heterocycles. The fourth-order valence-electron chi connectivity index (χ4n) is 8.37. The van der Waals surface area contributed by atoms with Gasteiger partial charge in [-0.15, -0.1) is 0 Å². The van der Waals surface area contributed by atoms with Crippen molar-refractivity contribution in [3.05, 3.63) is 142 Å². The molecule has 66 heavy (non-hydrogen) atoms. The van der Waals surface area contributed by atoms with E-state index in [0.717, 1.165) is 90.0 Å². The maximum absolute atomic E-state index is 12.0. The van der Waals surface area contributed by atoms with Gasteiger partial charge >= 0.3 is 0 Å². The Bertz CT molecular complexity index is 2680. The van der Waals surface area contributed by atoms with E-state index in [1.165, 1.54) is 0 Å². The van der Waals surface area contributed by atoms with Crippen LogP contribution < -0.4 is 18.6 Å². The van der Waals surface area contributed by atoms with Gasteiger partial charge in [-0.25, -0.2) is 0 Å². The molecule has 0 saturated heterocycles. The number of para-hydroxylation sites is 1. The normalized spacial score (nSPS) is 18.8. The molecule has 0 spiro atoms. The summed E-state index contributed by atoms with van der Waals surface area (Å²) in [5.74, 6) is 4.64. The molecule has 0 aliphatic heterocycles. The molecule has 5 aromatic rings. The first-order chi connectivity index (χ1) is 31.1. The van der Waals surface area contributed by atoms with E-state index >= 15 is 0 Å². The molecule has 0 aromatic heterocycles. The lowest BCUT2D eigenvalue weighted by molar-refractivity contribution is 0.0938. The van der Waals surface area contributed by atoms with E-state index in [1.807, 2.05) is 102 Å². The summed E-state index contributed by atoms with van der Waals surface area (Å²) < 4.78 is 24.4. The highest BCUT2D eigenvalue weighted by molar-refractivity contribution is 9.10. The van der Waals surface area contributed by atoms with Crippen LogP contribution in [0.1, 0.15) is 105 Å². The summed E-state index contributed by atoms with van der Waals surface area (Å²) in [6, 6.07) is 24.3. The van der Waals surface area contributed by atoms with Gasteiger partial charge in [-0.3, -0.25) is 19.2 Å². The quantitative estimate of drug-likeness (QED) is 0.148. The molecule has 0 bridgehead atoms. The van der Waals surface area contributed by atoms with Gasteiger partial charge in [0.05, 0.1) is 18.2 Å². The minimum atomic E-state index is -1.62. The molecule has 4 aliphatic rings. The summed E-state index contributed by atoms with van der Waals surface area (Å²) in [5, 5.41) is 1.19. The van der Waals surface area contributed by atoms with Gasteiger partial charge in [0.2, 0.25) is 8.32 Å². The molecule has 9 rings (SSSR count). The number of rotatable bonds is 7. The van der Waals surface area contributed by atoms with Crippen molar-refractivity contribution in [2.24, 2.45) is 23.7 Å². The Hall–Kier alpha value is -4.26. The van der Waals surface area contributed by atoms with Crippen molar-refractivity contribution in [3.8, 4) is 28.7 Å². The predicted molar refractivity (Wildman–Crippen MR) is 273 cm³/mol. The number of ether oxygens (including phenoxy) is 3. The maximum Gasteiger partial charge on any atom is 0.242 e. The van der Waals surface area contributed by atoms with Gasteiger partial charge in [-0.1, -0.05) is 101 Å². The van der Waals surface area contributed by atoms with Crippen LogP contribution >= 0.6 is 55.1 Å². The van der Waals surface area contributed by atoms with Crippen LogP contribution in [0.4, 0.5) is 0 Å². The Labute approximate surface area is 416 Å². The SMILES string of the molecule is CC(C)Oc1cc(Br)c2c(c1)C(=O)C(C)C2.CC1Cc2c(Br)cc(O[Si](C)(C)C)cc2C1=O.CC1Cc2c(ccc(Oc3ccccc3)c2Cl)C1=O.COc1cc(Cl)c2c(c1)C(=O)C(C)C2. The Morgan fingerprint density at radius 2 is 1.02 bits per heavy atom. The number of fused-ring (bicyclic) bond motifs is 4. The monoisotopic (exact) mass is 1080 g/mol. The van der Waals surface area contributed by atoms with E-state index in [2.05, 4.69) is 51.5 Å². The summed E-state index contributed by atoms with van der Waals surface area (Å²) in [6.07, 6.45) is 3.23. The number of hydrogen-bond donors (Lipinski definition) is 0. The lowest BCUT2D eigenvalue weighted by atomic mass is 10.1. The molecular formula is C53H56Br2Cl2O8Si. The van der Waals surface area contributed by atoms with E-state index in [0.29, 0.717) is 28.0 Å². The third-order valence-corrected chi connectivity index (χ3v) is 14.6. The Balaban J connectivity index is 0.000000146. The molecule has 0 fully saturated rings. The van der Waals surface area contributed by atoms with Crippen LogP contribution in [0, 0.1) is 23.7 Å². The zero-order chi connectivity index (χ0) is 48.4. The molecule has 4 unspecified atom stereocenters. The standard InChI is InChI=1S/C16H13ClO2.C13H17BrO2Si.C13H15BrO2.C11H11ClO2/c1-10-9-13-12(16(10)18)7-8-14(15(13)17)19-11-5-3-2-4-6-11;1-8-5-10-11(13(8)15)6-9(7-12(10)14)16-17(2,3)4;1-7(2)16-9-5-11-10(12(14)6-9)4-8(3)13(11)15;1-6-3-8-9(11(6)13)4-7(14-2)5-10(8)12/h2-8,10H,9H2,1H3;6-8H,5H2,1-4H3;5-8H,4H2,1-3H3;4-6H,3H2,1-2H3. The molecule has 13 heteroatoms. The Morgan fingerprint density at radius 1 is 0.561 bits per heavy atom. The van der Waals surface area contributed by atoms with Crippen molar-refractivity contribution in [3.63, 3.8) is 0 Å². The average Bonchev–Trinajstić information content (AvgIpc) is 3.92. The second-order valence-electron chi connectivity index (χ2n) is 18.6. The first-order valence-electron chi connectivity index (χ1n) is 22.1. The number of carbonyl (C=O) groups excluding carboxylic acids is 4. The number of halogens is 4. The van der Waals surface area contributed by atoms with Gasteiger partial charge in [-0.05, 0) is 142 Å². The largest absolute Gasteiger partial charge is 0.544 e. The smallest absolute Gasteiger partial charge is 0.242 e. The van der Waals surface area contributed by atoms with Crippen LogP contribution in [0.25, 0.3) is 0 Å². The molecule has 8 nitrogen and oxygen atoms in total. The van der Waals surface area contributed by atoms with Gasteiger partial charge < -0.3 is 18.6 Å². The van der Waals surface area contributed by atoms with Crippen molar-refractivity contribution in [2.45, 2.75) is 93.0 Å². The van der Waals surface area contributed by atoms with Crippen LogP contribution in [0.2, 0.25) is 29.7 Å². The topological polar surface area (TPSA) is 105 Å². The molecule has 348 valence electrons. The molecule has 5 aromatic carbocycles. The van der Waals surface area contributed by atoms with Crippen molar-refractivity contribution < 1.29 is 37.8 Å². The van der Waals surface area contributed by atoms with Crippen molar-refractivity contribution in [1.29, 1.82) is 0 Å². The van der Waals surface area contributed by atoms with E-state index in [4.69, 9.17) is 41.8 Å². The van der Waals surface area contributed by atoms with Gasteiger partial charge in [0.25, 0.3) is 0 Å². The Morgan fingerprint density at radius 3 is 1.53 bits per heavy atom. The van der Waals surface area contributed by atoms with Crippen LogP contribution in [0.15, 0.2) is 87.8 Å². The van der Waals surface area contributed by atoms with Crippen LogP contribution in [-0.2, 0) is 25.7 Å². The number of carbonyl (C=O) groups is 4. The van der Waals surface area contributed by atoms with Gasteiger partial charge in [-0.2, -0.15) is 0 Å². The minimum Gasteiger partial charge on any atom is -0.544 e. The number of benzene rings is 5. The van der Waals surface area contributed by atoms with Crippen molar-refractivity contribution in [2.75, 3.05) is 7.11 Å². The zero-order valence-electron chi connectivity index (χ0n) is 39.0. The molecule has 4 atom stereocenters. The third-order valence-electron chi connectivity index (χ3n) is 11.6. The second kappa shape index (κ2) is 21.4. The highest BCUT2D eigenvalue weighted by Gasteiger charge is 2.33. The van der Waals surface area contributed by atoms with Crippen molar-refractivity contribution in [1.82, 2.24) is 0 Å². The zero-order valence-corrected chi connectivity index (χ0v) is 44.7. The number of Topliss-reactive ketones (excluding diaryl/α,β-unsaturated/α-hetero) is 4. The molecular weight excluding hydrogens is 1020 g/mol. The lowest BCUT2D eigenvalue weighted by Crippen LogP contribution is -2.29. The summed E-state index contributed by atoms with van der Waals surface area (Å²) in [5.41, 5.74) is 7.23. The summed E-state index contributed by atoms with van der Waals surface area (Å²) in [6.45, 7) is 18.2. The summed E-state index contributed by atoms with van der Waals surface area (Å²) in [4.78, 5) is 47.5. The number of methoxy groups -OCH3 is 1. The first kappa shape index (κ1) is 51.1. The highest BCUT2D eigenvalue weighted by Crippen LogP contribution is 2.41. The molecule has 0 saturated carbocycles. The summed E-state index contributed by atoms with van der Waals surface area (Å²) >= 11 is 19.5. The molecule has 4 aliphatic carbocycles. The number of hydrogen-bond acceptors (Lipinski definition) is 8. The van der Waals surface area contributed by atoms with Crippen LogP contribution in [0.5, 0.6) is 28.7 Å². The fraction of sp³-hybridized carbons (Fsp3) is 0.358. The molecule has 0 amide bonds. The van der Waals surface area contributed by atoms with Crippen LogP contribution in [0.3, 0.4) is 0 Å². The molecule has 0 radical (unpaired) electrons. The lowest BCUT2D eigenvalue weighted by Gasteiger charge is -2.20. The minimum absolute atomic E-state index is 0.0134. The van der Waals surface area contributed by atoms with Crippen LogP contribution in [-0.4, -0.2) is 44.7 Å². The fourth-order valence-corrected chi connectivity index (χ4v) is 11.0. The van der Waals surface area contributed by atoms with E-state index in [1.54, 1.807) is 25.3 Å². The van der Waals surface area contributed by atoms with Gasteiger partial charge in [0.1, 0.15) is 28.7 Å². The Kier molecular flexibility index (Phi) is 16.5.